The minimum absolute atomic E-state index is 0.825. The van der Waals surface area contributed by atoms with E-state index in [0.717, 1.165) is 17.7 Å². The molecule has 0 unspecified atom stereocenters. The molecule has 4 heteroatoms. The Bertz CT molecular complexity index is 801. The van der Waals surface area contributed by atoms with Crippen molar-refractivity contribution in [2.24, 2.45) is 0 Å². The minimum Gasteiger partial charge on any atom is -0.381 e. The van der Waals surface area contributed by atoms with Gasteiger partial charge in [0.05, 0.1) is 15.7 Å². The van der Waals surface area contributed by atoms with E-state index in [1.807, 2.05) is 11.7 Å². The van der Waals surface area contributed by atoms with Gasteiger partial charge in [-0.1, -0.05) is 6.07 Å². The maximum Gasteiger partial charge on any atom is 0.0813 e. The molecule has 0 saturated heterocycles. The Hall–Kier alpha value is -2.33. The fourth-order valence-corrected chi connectivity index (χ4v) is 3.10. The van der Waals surface area contributed by atoms with Crippen molar-refractivity contribution in [2.75, 3.05) is 5.32 Å². The first kappa shape index (κ1) is 11.5. The van der Waals surface area contributed by atoms with Gasteiger partial charge in [-0.3, -0.25) is 0 Å². The highest BCUT2D eigenvalue weighted by Gasteiger charge is 2.00. The fraction of sp³-hybridized carbons (Fsp3) is 0.0625. The van der Waals surface area contributed by atoms with Gasteiger partial charge in [-0.2, -0.15) is 0 Å². The molecule has 2 heterocycles. The van der Waals surface area contributed by atoms with Crippen LogP contribution in [0.5, 0.6) is 0 Å². The van der Waals surface area contributed by atoms with Crippen LogP contribution < -0.4 is 5.32 Å². The normalized spacial score (nSPS) is 11.2. The number of nitrogens with zero attached hydrogens (tertiary/aromatic N) is 1. The third kappa shape index (κ3) is 2.04. The first-order chi connectivity index (χ1) is 9.88. The summed E-state index contributed by atoms with van der Waals surface area (Å²) in [6, 6.07) is 14.9. The Morgan fingerprint density at radius 2 is 2.10 bits per heavy atom. The second kappa shape index (κ2) is 4.65. The molecule has 0 saturated carbocycles. The number of hydrogen-bond acceptors (Lipinski definition) is 3. The maximum absolute atomic E-state index is 4.29. The Kier molecular flexibility index (Phi) is 2.67. The van der Waals surface area contributed by atoms with E-state index in [-0.39, 0.29) is 0 Å². The van der Waals surface area contributed by atoms with E-state index in [0.29, 0.717) is 0 Å². The summed E-state index contributed by atoms with van der Waals surface area (Å²) in [5, 5.41) is 4.72. The molecule has 2 aromatic carbocycles. The highest BCUT2D eigenvalue weighted by molar-refractivity contribution is 7.16. The van der Waals surface area contributed by atoms with Gasteiger partial charge in [0, 0.05) is 23.9 Å². The molecular formula is C16H13N3S. The predicted octanol–water partition coefficient (Wildman–Crippen LogP) is 4.39. The summed E-state index contributed by atoms with van der Waals surface area (Å²) >= 11 is 1.67. The van der Waals surface area contributed by atoms with Crippen LogP contribution in [0.3, 0.4) is 0 Å². The molecular weight excluding hydrogens is 266 g/mol. The lowest BCUT2D eigenvalue weighted by Gasteiger charge is -2.06. The van der Waals surface area contributed by atoms with Crippen molar-refractivity contribution in [3.05, 3.63) is 59.7 Å². The first-order valence-corrected chi connectivity index (χ1v) is 7.40. The molecule has 0 spiro atoms. The van der Waals surface area contributed by atoms with Crippen molar-refractivity contribution in [1.82, 2.24) is 9.97 Å². The molecule has 0 atom stereocenters. The van der Waals surface area contributed by atoms with Crippen LogP contribution in [0.1, 0.15) is 5.56 Å². The number of benzene rings is 2. The summed E-state index contributed by atoms with van der Waals surface area (Å²) < 4.78 is 1.22. The third-order valence-corrected chi connectivity index (χ3v) is 4.24. The van der Waals surface area contributed by atoms with Gasteiger partial charge in [-0.15, -0.1) is 11.3 Å². The Balaban J connectivity index is 1.56. The van der Waals surface area contributed by atoms with Gasteiger partial charge in [0.1, 0.15) is 0 Å². The zero-order valence-corrected chi connectivity index (χ0v) is 11.6. The van der Waals surface area contributed by atoms with E-state index in [4.69, 9.17) is 0 Å². The molecule has 0 radical (unpaired) electrons. The van der Waals surface area contributed by atoms with E-state index in [1.54, 1.807) is 11.3 Å². The molecule has 2 aromatic heterocycles. The molecule has 0 aliphatic rings. The molecule has 3 nitrogen and oxygen atoms in total. The van der Waals surface area contributed by atoms with Gasteiger partial charge in [0.25, 0.3) is 0 Å². The van der Waals surface area contributed by atoms with Gasteiger partial charge >= 0.3 is 0 Å². The number of rotatable bonds is 3. The van der Waals surface area contributed by atoms with Crippen molar-refractivity contribution in [2.45, 2.75) is 6.54 Å². The lowest BCUT2D eigenvalue weighted by molar-refractivity contribution is 1.16. The molecule has 0 bridgehead atoms. The van der Waals surface area contributed by atoms with Gasteiger partial charge in [0.2, 0.25) is 0 Å². The average molecular weight is 279 g/mol. The lowest BCUT2D eigenvalue weighted by Crippen LogP contribution is -1.98. The molecule has 4 aromatic rings. The van der Waals surface area contributed by atoms with Crippen LogP contribution in [0.15, 0.2) is 54.2 Å². The summed E-state index contributed by atoms with van der Waals surface area (Å²) in [4.78, 5) is 7.51. The zero-order valence-electron chi connectivity index (χ0n) is 10.8. The zero-order chi connectivity index (χ0) is 13.4. The molecule has 0 aliphatic heterocycles. The van der Waals surface area contributed by atoms with Gasteiger partial charge in [-0.25, -0.2) is 4.98 Å². The second-order valence-corrected chi connectivity index (χ2v) is 5.67. The quantitative estimate of drug-likeness (QED) is 0.584. The molecule has 0 aliphatic carbocycles. The van der Waals surface area contributed by atoms with Gasteiger partial charge in [-0.05, 0) is 47.3 Å². The number of anilines is 1. The Labute approximate surface area is 120 Å². The Morgan fingerprint density at radius 3 is 3.10 bits per heavy atom. The van der Waals surface area contributed by atoms with Crippen LogP contribution in [0, 0.1) is 0 Å². The summed E-state index contributed by atoms with van der Waals surface area (Å²) in [6.45, 7) is 0.825. The smallest absolute Gasteiger partial charge is 0.0813 e. The monoisotopic (exact) mass is 279 g/mol. The largest absolute Gasteiger partial charge is 0.381 e. The van der Waals surface area contributed by atoms with Crippen LogP contribution in [-0.2, 0) is 6.54 Å². The predicted molar refractivity (Wildman–Crippen MR) is 85.2 cm³/mol. The van der Waals surface area contributed by atoms with E-state index in [1.165, 1.54) is 21.2 Å². The Morgan fingerprint density at radius 1 is 1.10 bits per heavy atom. The van der Waals surface area contributed by atoms with Gasteiger partial charge < -0.3 is 10.3 Å². The summed E-state index contributed by atoms with van der Waals surface area (Å²) in [5.41, 5.74) is 6.54. The summed E-state index contributed by atoms with van der Waals surface area (Å²) in [6.07, 6.45) is 1.97. The van der Waals surface area contributed by atoms with Crippen LogP contribution in [0.4, 0.5) is 5.69 Å². The highest BCUT2D eigenvalue weighted by Crippen LogP contribution is 2.22. The van der Waals surface area contributed by atoms with E-state index < -0.39 is 0 Å². The maximum atomic E-state index is 4.29. The van der Waals surface area contributed by atoms with Crippen LogP contribution in [0.2, 0.25) is 0 Å². The second-order valence-electron chi connectivity index (χ2n) is 4.79. The van der Waals surface area contributed by atoms with Crippen LogP contribution in [0.25, 0.3) is 21.1 Å². The number of thiazole rings is 1. The molecule has 98 valence electrons. The molecule has 4 rings (SSSR count). The van der Waals surface area contributed by atoms with E-state index in [9.17, 15) is 0 Å². The number of H-pyrrole nitrogens is 1. The number of hydrogen-bond donors (Lipinski definition) is 2. The van der Waals surface area contributed by atoms with Crippen molar-refractivity contribution in [3.63, 3.8) is 0 Å². The standard InChI is InChI=1S/C16H13N3S/c1-3-14-12(5-6-17-14)7-11(1)9-18-13-2-4-15-16(8-13)20-10-19-15/h1-8,10,17-18H,9H2. The van der Waals surface area contributed by atoms with Crippen molar-refractivity contribution in [1.29, 1.82) is 0 Å². The number of fused-ring (bicyclic) bond motifs is 2. The average Bonchev–Trinajstić information content (AvgIpc) is 3.12. The highest BCUT2D eigenvalue weighted by atomic mass is 32.1. The lowest BCUT2D eigenvalue weighted by atomic mass is 10.1. The summed E-state index contributed by atoms with van der Waals surface area (Å²) in [5.74, 6) is 0. The van der Waals surface area contributed by atoms with Crippen molar-refractivity contribution < 1.29 is 0 Å². The molecule has 0 amide bonds. The number of aromatic amines is 1. The van der Waals surface area contributed by atoms with E-state index >= 15 is 0 Å². The van der Waals surface area contributed by atoms with E-state index in [2.05, 4.69) is 57.7 Å². The number of aromatic nitrogens is 2. The van der Waals surface area contributed by atoms with Crippen molar-refractivity contribution in [3.8, 4) is 0 Å². The molecule has 0 fully saturated rings. The van der Waals surface area contributed by atoms with Gasteiger partial charge in [0.15, 0.2) is 0 Å². The topological polar surface area (TPSA) is 40.7 Å². The first-order valence-electron chi connectivity index (χ1n) is 6.52. The van der Waals surface area contributed by atoms with Crippen LogP contribution >= 0.6 is 11.3 Å². The summed E-state index contributed by atoms with van der Waals surface area (Å²) in [7, 11) is 0. The van der Waals surface area contributed by atoms with Crippen LogP contribution in [-0.4, -0.2) is 9.97 Å². The fourth-order valence-electron chi connectivity index (χ4n) is 2.38. The molecule has 20 heavy (non-hydrogen) atoms. The number of nitrogens with one attached hydrogen (secondary N) is 2. The SMILES string of the molecule is c1cc2cc(CNc3ccc4ncsc4c3)ccc2[nH]1. The molecule has 2 N–H and O–H groups in total. The van der Waals surface area contributed by atoms with Crippen molar-refractivity contribution >= 4 is 38.1 Å². The third-order valence-electron chi connectivity index (χ3n) is 3.45. The minimum atomic E-state index is 0.825.